The van der Waals surface area contributed by atoms with Crippen molar-refractivity contribution in [3.05, 3.63) is 51.9 Å². The third kappa shape index (κ3) is 3.74. The molecular weight excluding hydrogens is 358 g/mol. The van der Waals surface area contributed by atoms with Crippen molar-refractivity contribution < 1.29 is 14.7 Å². The van der Waals surface area contributed by atoms with Crippen molar-refractivity contribution in [1.82, 2.24) is 14.9 Å². The molecule has 1 amide bonds. The van der Waals surface area contributed by atoms with Crippen LogP contribution < -0.4 is 5.43 Å². The van der Waals surface area contributed by atoms with Gasteiger partial charge in [-0.25, -0.2) is 4.79 Å². The molecule has 0 unspecified atom stereocenters. The highest BCUT2D eigenvalue weighted by Gasteiger charge is 2.16. The van der Waals surface area contributed by atoms with Gasteiger partial charge >= 0.3 is 5.97 Å². The number of carboxylic acid groups (broad SMARTS) is 1. The normalized spacial score (nSPS) is 11.1. The molecule has 2 aromatic heterocycles. The lowest BCUT2D eigenvalue weighted by molar-refractivity contribution is 0.0694. The molecule has 2 heterocycles. The summed E-state index contributed by atoms with van der Waals surface area (Å²) in [6.45, 7) is 2.84. The number of carbonyl (C=O) groups is 2. The van der Waals surface area contributed by atoms with E-state index in [9.17, 15) is 14.4 Å². The van der Waals surface area contributed by atoms with E-state index in [1.807, 2.05) is 0 Å². The van der Waals surface area contributed by atoms with Crippen LogP contribution in [0.3, 0.4) is 0 Å². The van der Waals surface area contributed by atoms with Crippen LogP contribution in [0.2, 0.25) is 0 Å². The first-order valence-electron chi connectivity index (χ1n) is 9.37. The Morgan fingerprint density at radius 1 is 1.21 bits per heavy atom. The van der Waals surface area contributed by atoms with E-state index in [1.54, 1.807) is 30.1 Å². The van der Waals surface area contributed by atoms with E-state index < -0.39 is 11.4 Å². The van der Waals surface area contributed by atoms with Crippen molar-refractivity contribution in [3.63, 3.8) is 0 Å². The number of aromatic amines is 1. The summed E-state index contributed by atoms with van der Waals surface area (Å²) < 4.78 is 0. The summed E-state index contributed by atoms with van der Waals surface area (Å²) in [5.41, 5.74) is 0.586. The van der Waals surface area contributed by atoms with Crippen LogP contribution in [0, 0.1) is 0 Å². The summed E-state index contributed by atoms with van der Waals surface area (Å²) in [6.07, 6.45) is 7.05. The fourth-order valence-electron chi connectivity index (χ4n) is 3.27. The molecule has 0 aliphatic heterocycles. The summed E-state index contributed by atoms with van der Waals surface area (Å²) in [5, 5.41) is 10.1. The van der Waals surface area contributed by atoms with Gasteiger partial charge in [-0.15, -0.1) is 0 Å². The number of carbonyl (C=O) groups excluding carboxylic acids is 1. The van der Waals surface area contributed by atoms with Crippen LogP contribution in [0.4, 0.5) is 0 Å². The van der Waals surface area contributed by atoms with Crippen molar-refractivity contribution in [2.24, 2.45) is 0 Å². The molecule has 28 heavy (non-hydrogen) atoms. The monoisotopic (exact) mass is 381 g/mol. The van der Waals surface area contributed by atoms with Gasteiger partial charge in [0.15, 0.2) is 0 Å². The van der Waals surface area contributed by atoms with Crippen LogP contribution in [-0.2, 0) is 0 Å². The zero-order valence-electron chi connectivity index (χ0n) is 16.0. The van der Waals surface area contributed by atoms with E-state index in [2.05, 4.69) is 16.9 Å². The van der Waals surface area contributed by atoms with E-state index in [4.69, 9.17) is 5.11 Å². The minimum atomic E-state index is -1.28. The third-order valence-electron chi connectivity index (χ3n) is 4.87. The standard InChI is InChI=1S/C21H23N3O4/c1-3-4-5-6-9-24(2)20(26)14-10-13-7-8-15-18(17(13)22-11-14)23-12-16(19(15)25)21(27)28/h7-8,10-12H,3-6,9H2,1-2H3,(H,23,25)(H,27,28). The molecule has 0 radical (unpaired) electrons. The zero-order chi connectivity index (χ0) is 20.3. The summed E-state index contributed by atoms with van der Waals surface area (Å²) in [7, 11) is 1.78. The van der Waals surface area contributed by atoms with Crippen LogP contribution in [0.5, 0.6) is 0 Å². The highest BCUT2D eigenvalue weighted by Crippen LogP contribution is 2.21. The minimum absolute atomic E-state index is 0.0966. The van der Waals surface area contributed by atoms with Crippen molar-refractivity contribution in [2.75, 3.05) is 13.6 Å². The number of rotatable bonds is 7. The van der Waals surface area contributed by atoms with Crippen LogP contribution in [0.1, 0.15) is 53.3 Å². The van der Waals surface area contributed by atoms with Gasteiger partial charge in [-0.3, -0.25) is 14.6 Å². The SMILES string of the molecule is CCCCCCN(C)C(=O)c1cnc2c(ccc3c(=O)c(C(=O)O)c[nH]c32)c1. The first kappa shape index (κ1) is 19.5. The van der Waals surface area contributed by atoms with Crippen molar-refractivity contribution in [3.8, 4) is 0 Å². The maximum Gasteiger partial charge on any atom is 0.341 e. The molecular formula is C21H23N3O4. The second-order valence-corrected chi connectivity index (χ2v) is 6.91. The number of benzene rings is 1. The topological polar surface area (TPSA) is 103 Å². The smallest absolute Gasteiger partial charge is 0.341 e. The van der Waals surface area contributed by atoms with Gasteiger partial charge in [0.25, 0.3) is 5.91 Å². The largest absolute Gasteiger partial charge is 0.477 e. The first-order valence-corrected chi connectivity index (χ1v) is 9.37. The number of unbranched alkanes of at least 4 members (excludes halogenated alkanes) is 3. The van der Waals surface area contributed by atoms with Gasteiger partial charge in [-0.05, 0) is 18.6 Å². The second-order valence-electron chi connectivity index (χ2n) is 6.91. The first-order chi connectivity index (χ1) is 13.4. The average molecular weight is 381 g/mol. The Morgan fingerprint density at radius 3 is 2.71 bits per heavy atom. The molecule has 7 heteroatoms. The quantitative estimate of drug-likeness (QED) is 0.482. The Kier molecular flexibility index (Phi) is 5.73. The van der Waals surface area contributed by atoms with Gasteiger partial charge in [0, 0.05) is 36.8 Å². The van der Waals surface area contributed by atoms with Gasteiger partial charge in [0.05, 0.1) is 16.6 Å². The molecule has 0 fully saturated rings. The predicted octanol–water partition coefficient (Wildman–Crippen LogP) is 3.43. The van der Waals surface area contributed by atoms with Crippen molar-refractivity contribution in [1.29, 1.82) is 0 Å². The summed E-state index contributed by atoms with van der Waals surface area (Å²) in [5.74, 6) is -1.38. The maximum atomic E-state index is 12.7. The van der Waals surface area contributed by atoms with Crippen LogP contribution >= 0.6 is 0 Å². The number of aromatic carboxylic acids is 1. The molecule has 3 aromatic rings. The summed E-state index contributed by atoms with van der Waals surface area (Å²) >= 11 is 0. The zero-order valence-corrected chi connectivity index (χ0v) is 16.0. The second kappa shape index (κ2) is 8.21. The lowest BCUT2D eigenvalue weighted by Gasteiger charge is -2.17. The number of H-pyrrole nitrogens is 1. The summed E-state index contributed by atoms with van der Waals surface area (Å²) in [6, 6.07) is 4.99. The van der Waals surface area contributed by atoms with Gasteiger partial charge in [0.1, 0.15) is 5.56 Å². The van der Waals surface area contributed by atoms with Gasteiger partial charge in [-0.1, -0.05) is 32.3 Å². The number of hydrogen-bond donors (Lipinski definition) is 2. The number of nitrogens with zero attached hydrogens (tertiary/aromatic N) is 2. The number of fused-ring (bicyclic) bond motifs is 3. The molecule has 0 aliphatic rings. The molecule has 1 aromatic carbocycles. The lowest BCUT2D eigenvalue weighted by atomic mass is 10.1. The molecule has 7 nitrogen and oxygen atoms in total. The molecule has 0 aliphatic carbocycles. The highest BCUT2D eigenvalue weighted by atomic mass is 16.4. The number of carboxylic acids is 1. The van der Waals surface area contributed by atoms with Gasteiger partial charge in [0.2, 0.25) is 5.43 Å². The average Bonchev–Trinajstić information content (AvgIpc) is 2.69. The van der Waals surface area contributed by atoms with Crippen LogP contribution in [0.25, 0.3) is 21.8 Å². The highest BCUT2D eigenvalue weighted by molar-refractivity contribution is 6.06. The van der Waals surface area contributed by atoms with E-state index in [0.717, 1.165) is 25.7 Å². The Hall–Kier alpha value is -3.22. The van der Waals surface area contributed by atoms with E-state index in [1.165, 1.54) is 12.4 Å². The fraction of sp³-hybridized carbons (Fsp3) is 0.333. The van der Waals surface area contributed by atoms with Crippen molar-refractivity contribution >= 4 is 33.7 Å². The predicted molar refractivity (Wildman–Crippen MR) is 108 cm³/mol. The fourth-order valence-corrected chi connectivity index (χ4v) is 3.27. The maximum absolute atomic E-state index is 12.7. The van der Waals surface area contributed by atoms with E-state index in [0.29, 0.717) is 28.5 Å². The number of amides is 1. The Bertz CT molecular complexity index is 1100. The Labute approximate surface area is 162 Å². The molecule has 0 bridgehead atoms. The van der Waals surface area contributed by atoms with Crippen molar-refractivity contribution in [2.45, 2.75) is 32.6 Å². The molecule has 146 valence electrons. The number of hydrogen-bond acceptors (Lipinski definition) is 4. The van der Waals surface area contributed by atoms with Gasteiger partial charge in [-0.2, -0.15) is 0 Å². The molecule has 0 saturated heterocycles. The number of pyridine rings is 2. The third-order valence-corrected chi connectivity index (χ3v) is 4.87. The summed E-state index contributed by atoms with van der Waals surface area (Å²) in [4.78, 5) is 45.1. The molecule has 0 saturated carbocycles. The van der Waals surface area contributed by atoms with E-state index >= 15 is 0 Å². The Balaban J connectivity index is 1.93. The van der Waals surface area contributed by atoms with Crippen LogP contribution in [-0.4, -0.2) is 45.4 Å². The van der Waals surface area contributed by atoms with E-state index in [-0.39, 0.29) is 16.9 Å². The molecule has 0 atom stereocenters. The minimum Gasteiger partial charge on any atom is -0.477 e. The van der Waals surface area contributed by atoms with Gasteiger partial charge < -0.3 is 15.0 Å². The molecule has 3 rings (SSSR count). The Morgan fingerprint density at radius 2 is 2.00 bits per heavy atom. The molecule has 0 spiro atoms. The number of aromatic nitrogens is 2. The number of nitrogens with one attached hydrogen (secondary N) is 1. The van der Waals surface area contributed by atoms with Crippen LogP contribution in [0.15, 0.2) is 35.4 Å². The lowest BCUT2D eigenvalue weighted by Crippen LogP contribution is -2.27. The molecule has 2 N–H and O–H groups in total.